The van der Waals surface area contributed by atoms with Gasteiger partial charge in [-0.1, -0.05) is 27.7 Å². The summed E-state index contributed by atoms with van der Waals surface area (Å²) in [7, 11) is 1.67. The molecule has 0 saturated carbocycles. The summed E-state index contributed by atoms with van der Waals surface area (Å²) in [5.41, 5.74) is 3.57. The summed E-state index contributed by atoms with van der Waals surface area (Å²) in [6.45, 7) is 11.0. The highest BCUT2D eigenvalue weighted by molar-refractivity contribution is 5.70. The molecule has 0 N–H and O–H groups in total. The molecule has 1 aromatic heterocycles. The van der Waals surface area contributed by atoms with E-state index in [9.17, 15) is 0 Å². The van der Waals surface area contributed by atoms with Gasteiger partial charge in [-0.15, -0.1) is 0 Å². The molecule has 0 amide bonds. The molecular weight excluding hydrogens is 340 g/mol. The summed E-state index contributed by atoms with van der Waals surface area (Å²) < 4.78 is 17.4. The number of aryl methyl sites for hydroxylation is 2. The minimum absolute atomic E-state index is 0.167. The lowest BCUT2D eigenvalue weighted by Gasteiger charge is -2.19. The van der Waals surface area contributed by atoms with Gasteiger partial charge >= 0.3 is 0 Å². The van der Waals surface area contributed by atoms with Gasteiger partial charge in [0.2, 0.25) is 5.88 Å². The Labute approximate surface area is 163 Å². The highest BCUT2D eigenvalue weighted by Crippen LogP contribution is 2.35. The Kier molecular flexibility index (Phi) is 7.89. The Hall–Kier alpha value is -2.30. The standard InChI is InChI=1S/C22H32N2O3/c1-7-15(8-2)27-22-19(10-4)23-21(18(9-3)24-22)17-13-12-16(26-11-5)14-20(17)25-6/h12-15H,7-11H2,1-6H3. The molecule has 0 saturated heterocycles. The highest BCUT2D eigenvalue weighted by atomic mass is 16.5. The van der Waals surface area contributed by atoms with Crippen molar-refractivity contribution in [1.82, 2.24) is 9.97 Å². The van der Waals surface area contributed by atoms with Crippen LogP contribution < -0.4 is 14.2 Å². The van der Waals surface area contributed by atoms with Gasteiger partial charge in [0.25, 0.3) is 0 Å². The first kappa shape index (κ1) is 21.0. The van der Waals surface area contributed by atoms with Gasteiger partial charge in [0.15, 0.2) is 0 Å². The fourth-order valence-corrected chi connectivity index (χ4v) is 3.01. The molecule has 0 aliphatic carbocycles. The van der Waals surface area contributed by atoms with Crippen molar-refractivity contribution < 1.29 is 14.2 Å². The molecule has 0 fully saturated rings. The number of hydrogen-bond acceptors (Lipinski definition) is 5. The maximum absolute atomic E-state index is 6.15. The predicted molar refractivity (Wildman–Crippen MR) is 109 cm³/mol. The number of rotatable bonds is 10. The van der Waals surface area contributed by atoms with Crippen molar-refractivity contribution in [3.05, 3.63) is 29.6 Å². The van der Waals surface area contributed by atoms with E-state index >= 15 is 0 Å². The van der Waals surface area contributed by atoms with Crippen LogP contribution in [0, 0.1) is 0 Å². The highest BCUT2D eigenvalue weighted by Gasteiger charge is 2.19. The smallest absolute Gasteiger partial charge is 0.236 e. The van der Waals surface area contributed by atoms with Gasteiger partial charge in [-0.25, -0.2) is 9.97 Å². The first-order valence-electron chi connectivity index (χ1n) is 9.99. The number of aromatic nitrogens is 2. The first-order valence-corrected chi connectivity index (χ1v) is 9.99. The zero-order valence-electron chi connectivity index (χ0n) is 17.5. The maximum atomic E-state index is 6.15. The lowest BCUT2D eigenvalue weighted by atomic mass is 10.1. The Morgan fingerprint density at radius 1 is 0.926 bits per heavy atom. The van der Waals surface area contributed by atoms with Crippen molar-refractivity contribution in [2.24, 2.45) is 0 Å². The SMILES string of the molecule is CCOc1ccc(-c2nc(CC)c(OC(CC)CC)nc2CC)c(OC)c1. The third-order valence-electron chi connectivity index (χ3n) is 4.60. The van der Waals surface area contributed by atoms with Crippen molar-refractivity contribution >= 4 is 0 Å². The molecule has 1 heterocycles. The van der Waals surface area contributed by atoms with Crippen LogP contribution in [0.3, 0.4) is 0 Å². The molecule has 0 aliphatic heterocycles. The molecule has 0 aliphatic rings. The van der Waals surface area contributed by atoms with Crippen LogP contribution >= 0.6 is 0 Å². The maximum Gasteiger partial charge on any atom is 0.236 e. The molecule has 5 heteroatoms. The zero-order valence-corrected chi connectivity index (χ0v) is 17.5. The number of methoxy groups -OCH3 is 1. The fourth-order valence-electron chi connectivity index (χ4n) is 3.01. The number of hydrogen-bond donors (Lipinski definition) is 0. The Balaban J connectivity index is 2.54. The van der Waals surface area contributed by atoms with Crippen molar-refractivity contribution in [2.75, 3.05) is 13.7 Å². The Morgan fingerprint density at radius 3 is 2.19 bits per heavy atom. The minimum atomic E-state index is 0.167. The largest absolute Gasteiger partial charge is 0.496 e. The van der Waals surface area contributed by atoms with Crippen LogP contribution in [0.1, 0.15) is 58.8 Å². The van der Waals surface area contributed by atoms with Gasteiger partial charge in [0.1, 0.15) is 17.2 Å². The average molecular weight is 373 g/mol. The predicted octanol–water partition coefficient (Wildman–Crippen LogP) is 5.24. The molecular formula is C22H32N2O3. The third-order valence-corrected chi connectivity index (χ3v) is 4.60. The van der Waals surface area contributed by atoms with Crippen LogP contribution in [0.15, 0.2) is 18.2 Å². The molecule has 27 heavy (non-hydrogen) atoms. The van der Waals surface area contributed by atoms with Gasteiger partial charge in [-0.2, -0.15) is 0 Å². The molecule has 2 rings (SSSR count). The summed E-state index contributed by atoms with van der Waals surface area (Å²) in [6.07, 6.45) is 3.61. The van der Waals surface area contributed by atoms with Gasteiger partial charge in [0.05, 0.1) is 31.2 Å². The van der Waals surface area contributed by atoms with Crippen molar-refractivity contribution in [2.45, 2.75) is 66.4 Å². The summed E-state index contributed by atoms with van der Waals surface area (Å²) in [5.74, 6) is 2.19. The van der Waals surface area contributed by atoms with Crippen LogP contribution in [-0.4, -0.2) is 29.8 Å². The normalized spacial score (nSPS) is 10.9. The first-order chi connectivity index (χ1) is 13.1. The Morgan fingerprint density at radius 2 is 1.63 bits per heavy atom. The third kappa shape index (κ3) is 4.90. The van der Waals surface area contributed by atoms with Crippen LogP contribution in [-0.2, 0) is 12.8 Å². The summed E-state index contributed by atoms with van der Waals surface area (Å²) in [5, 5.41) is 0. The lowest BCUT2D eigenvalue weighted by molar-refractivity contribution is 0.181. The molecule has 0 radical (unpaired) electrons. The quantitative estimate of drug-likeness (QED) is 0.570. The lowest BCUT2D eigenvalue weighted by Crippen LogP contribution is -2.17. The second-order valence-electron chi connectivity index (χ2n) is 6.33. The number of ether oxygens (including phenoxy) is 3. The molecule has 0 unspecified atom stereocenters. The monoisotopic (exact) mass is 372 g/mol. The molecule has 0 spiro atoms. The van der Waals surface area contributed by atoms with Crippen LogP contribution in [0.25, 0.3) is 11.3 Å². The molecule has 148 valence electrons. The van der Waals surface area contributed by atoms with Gasteiger partial charge in [-0.05, 0) is 44.7 Å². The van der Waals surface area contributed by atoms with Crippen LogP contribution in [0.5, 0.6) is 17.4 Å². The van der Waals surface area contributed by atoms with E-state index in [1.807, 2.05) is 25.1 Å². The molecule has 2 aromatic rings. The van der Waals surface area contributed by atoms with E-state index in [0.29, 0.717) is 12.5 Å². The number of nitrogens with zero attached hydrogens (tertiary/aromatic N) is 2. The van der Waals surface area contributed by atoms with E-state index < -0.39 is 0 Å². The van der Waals surface area contributed by atoms with Crippen LogP contribution in [0.2, 0.25) is 0 Å². The van der Waals surface area contributed by atoms with Crippen molar-refractivity contribution in [3.63, 3.8) is 0 Å². The molecule has 1 aromatic carbocycles. The van der Waals surface area contributed by atoms with Gasteiger partial charge in [0, 0.05) is 11.6 Å². The van der Waals surface area contributed by atoms with Crippen molar-refractivity contribution in [1.29, 1.82) is 0 Å². The van der Waals surface area contributed by atoms with E-state index in [2.05, 4.69) is 27.7 Å². The van der Waals surface area contributed by atoms with E-state index in [1.165, 1.54) is 0 Å². The number of benzene rings is 1. The van der Waals surface area contributed by atoms with E-state index in [1.54, 1.807) is 7.11 Å². The second-order valence-corrected chi connectivity index (χ2v) is 6.33. The van der Waals surface area contributed by atoms with Crippen LogP contribution in [0.4, 0.5) is 0 Å². The zero-order chi connectivity index (χ0) is 19.8. The average Bonchev–Trinajstić information content (AvgIpc) is 2.71. The van der Waals surface area contributed by atoms with E-state index in [4.69, 9.17) is 24.2 Å². The van der Waals surface area contributed by atoms with E-state index in [0.717, 1.165) is 59.8 Å². The van der Waals surface area contributed by atoms with Gasteiger partial charge < -0.3 is 14.2 Å². The summed E-state index contributed by atoms with van der Waals surface area (Å²) in [6, 6.07) is 5.84. The molecule has 0 atom stereocenters. The molecule has 5 nitrogen and oxygen atoms in total. The molecule has 0 bridgehead atoms. The topological polar surface area (TPSA) is 53.5 Å². The summed E-state index contributed by atoms with van der Waals surface area (Å²) >= 11 is 0. The second kappa shape index (κ2) is 10.1. The summed E-state index contributed by atoms with van der Waals surface area (Å²) in [4.78, 5) is 9.77. The minimum Gasteiger partial charge on any atom is -0.496 e. The Bertz CT molecular complexity index is 743. The fraction of sp³-hybridized carbons (Fsp3) is 0.545. The van der Waals surface area contributed by atoms with Crippen molar-refractivity contribution in [3.8, 4) is 28.6 Å². The van der Waals surface area contributed by atoms with E-state index in [-0.39, 0.29) is 6.10 Å². The van der Waals surface area contributed by atoms with Gasteiger partial charge in [-0.3, -0.25) is 0 Å².